The molecule has 0 aromatic heterocycles. The van der Waals surface area contributed by atoms with E-state index in [2.05, 4.69) is 0 Å². The third-order valence-electron chi connectivity index (χ3n) is 1.74. The smallest absolute Gasteiger partial charge is 0.196 e. The second kappa shape index (κ2) is 7.26. The van der Waals surface area contributed by atoms with Gasteiger partial charge < -0.3 is 9.47 Å². The Labute approximate surface area is 90.5 Å². The van der Waals surface area contributed by atoms with Gasteiger partial charge in [0.2, 0.25) is 0 Å². The monoisotopic (exact) mass is 220 g/mol. The van der Waals surface area contributed by atoms with Crippen LogP contribution in [0.3, 0.4) is 0 Å². The highest BCUT2D eigenvalue weighted by Crippen LogP contribution is 2.24. The zero-order chi connectivity index (χ0) is 11.0. The predicted molar refractivity (Wildman–Crippen MR) is 59.6 cm³/mol. The van der Waals surface area contributed by atoms with Crippen LogP contribution in [-0.4, -0.2) is 37.8 Å². The summed E-state index contributed by atoms with van der Waals surface area (Å²) in [6.07, 6.45) is 0. The van der Waals surface area contributed by atoms with Gasteiger partial charge in [0.25, 0.3) is 0 Å². The molecule has 0 N–H and O–H groups in total. The molecule has 0 rings (SSSR count). The molecule has 0 aliphatic heterocycles. The van der Waals surface area contributed by atoms with Crippen LogP contribution in [-0.2, 0) is 14.3 Å². The van der Waals surface area contributed by atoms with Crippen LogP contribution in [0.1, 0.15) is 20.8 Å². The van der Waals surface area contributed by atoms with E-state index in [-0.39, 0.29) is 5.12 Å². The molecule has 0 saturated carbocycles. The summed E-state index contributed by atoms with van der Waals surface area (Å²) >= 11 is 1.31. The third-order valence-corrected chi connectivity index (χ3v) is 2.93. The maximum Gasteiger partial charge on any atom is 0.196 e. The molecule has 0 aliphatic rings. The quantitative estimate of drug-likeness (QED) is 0.614. The lowest BCUT2D eigenvalue weighted by atomic mass is 9.97. The molecule has 0 radical (unpaired) electrons. The van der Waals surface area contributed by atoms with Crippen LogP contribution in [0.15, 0.2) is 0 Å². The average Bonchev–Trinajstić information content (AvgIpc) is 2.15. The van der Waals surface area contributed by atoms with Crippen molar-refractivity contribution in [3.05, 3.63) is 0 Å². The molecule has 3 nitrogen and oxygen atoms in total. The highest BCUT2D eigenvalue weighted by atomic mass is 32.2. The molecule has 14 heavy (non-hydrogen) atoms. The van der Waals surface area contributed by atoms with Crippen molar-refractivity contribution in [2.24, 2.45) is 5.41 Å². The lowest BCUT2D eigenvalue weighted by Gasteiger charge is -2.21. The van der Waals surface area contributed by atoms with Gasteiger partial charge in [-0.1, -0.05) is 11.8 Å². The Morgan fingerprint density at radius 1 is 1.43 bits per heavy atom. The molecule has 0 fully saturated rings. The average molecular weight is 220 g/mol. The summed E-state index contributed by atoms with van der Waals surface area (Å²) in [6, 6.07) is 0. The maximum absolute atomic E-state index is 11.7. The third kappa shape index (κ3) is 5.62. The van der Waals surface area contributed by atoms with Crippen molar-refractivity contribution in [1.82, 2.24) is 0 Å². The van der Waals surface area contributed by atoms with E-state index in [0.29, 0.717) is 25.6 Å². The number of thioether (sulfide) groups is 1. The van der Waals surface area contributed by atoms with Crippen molar-refractivity contribution in [3.63, 3.8) is 0 Å². The molecule has 0 saturated heterocycles. The van der Waals surface area contributed by atoms with E-state index >= 15 is 0 Å². The molecule has 0 aromatic carbocycles. The molecule has 0 aliphatic carbocycles. The Morgan fingerprint density at radius 3 is 2.57 bits per heavy atom. The lowest BCUT2D eigenvalue weighted by Crippen LogP contribution is -2.28. The van der Waals surface area contributed by atoms with Crippen molar-refractivity contribution in [2.45, 2.75) is 20.8 Å². The van der Waals surface area contributed by atoms with E-state index in [4.69, 9.17) is 9.47 Å². The Morgan fingerprint density at radius 2 is 2.07 bits per heavy atom. The number of hydrogen-bond donors (Lipinski definition) is 0. The minimum atomic E-state index is -0.394. The van der Waals surface area contributed by atoms with Gasteiger partial charge in [0.05, 0.1) is 18.6 Å². The Bertz CT molecular complexity index is 169. The Kier molecular flexibility index (Phi) is 7.23. The molecule has 84 valence electrons. The largest absolute Gasteiger partial charge is 0.384 e. The number of methoxy groups -OCH3 is 1. The topological polar surface area (TPSA) is 35.5 Å². The first-order valence-electron chi connectivity index (χ1n) is 4.78. The summed E-state index contributed by atoms with van der Waals surface area (Å²) in [5.41, 5.74) is -0.394. The first kappa shape index (κ1) is 13.9. The normalized spacial score (nSPS) is 11.7. The number of carbonyl (C=O) groups is 1. The predicted octanol–water partition coefficient (Wildman–Crippen LogP) is 1.96. The van der Waals surface area contributed by atoms with Gasteiger partial charge in [0.15, 0.2) is 5.12 Å². The van der Waals surface area contributed by atoms with Gasteiger partial charge in [-0.25, -0.2) is 0 Å². The molecule has 0 aromatic rings. The number of carbonyl (C=O) groups excluding carboxylic acids is 1. The van der Waals surface area contributed by atoms with E-state index in [1.54, 1.807) is 7.11 Å². The van der Waals surface area contributed by atoms with E-state index in [0.717, 1.165) is 0 Å². The molecule has 0 unspecified atom stereocenters. The fourth-order valence-electron chi connectivity index (χ4n) is 0.829. The zero-order valence-corrected chi connectivity index (χ0v) is 10.3. The number of rotatable bonds is 7. The molecule has 0 spiro atoms. The van der Waals surface area contributed by atoms with Crippen molar-refractivity contribution in [1.29, 1.82) is 0 Å². The second-order valence-electron chi connectivity index (χ2n) is 3.65. The number of hydrogen-bond acceptors (Lipinski definition) is 4. The van der Waals surface area contributed by atoms with Gasteiger partial charge in [-0.3, -0.25) is 4.79 Å². The van der Waals surface area contributed by atoms with Crippen LogP contribution in [0.5, 0.6) is 0 Å². The van der Waals surface area contributed by atoms with Crippen molar-refractivity contribution >= 4 is 16.9 Å². The van der Waals surface area contributed by atoms with E-state index in [1.165, 1.54) is 11.8 Å². The van der Waals surface area contributed by atoms with Gasteiger partial charge in [0.1, 0.15) is 0 Å². The van der Waals surface area contributed by atoms with Crippen molar-refractivity contribution in [3.8, 4) is 0 Å². The van der Waals surface area contributed by atoms with Crippen LogP contribution in [0.2, 0.25) is 0 Å². The van der Waals surface area contributed by atoms with E-state index in [9.17, 15) is 4.79 Å². The molecule has 0 atom stereocenters. The SMILES string of the molecule is CCOCC(C)(C)C(=O)SCCOC. The van der Waals surface area contributed by atoms with Crippen LogP contribution in [0.25, 0.3) is 0 Å². The van der Waals surface area contributed by atoms with Gasteiger partial charge in [-0.2, -0.15) is 0 Å². The molecule has 0 heterocycles. The summed E-state index contributed by atoms with van der Waals surface area (Å²) < 4.78 is 10.1. The zero-order valence-electron chi connectivity index (χ0n) is 9.46. The van der Waals surface area contributed by atoms with Crippen LogP contribution in [0.4, 0.5) is 0 Å². The molecule has 4 heteroatoms. The van der Waals surface area contributed by atoms with Crippen molar-refractivity contribution < 1.29 is 14.3 Å². The fraction of sp³-hybridized carbons (Fsp3) is 0.900. The van der Waals surface area contributed by atoms with Gasteiger partial charge in [-0.15, -0.1) is 0 Å². The van der Waals surface area contributed by atoms with Gasteiger partial charge in [-0.05, 0) is 20.8 Å². The maximum atomic E-state index is 11.7. The first-order valence-corrected chi connectivity index (χ1v) is 5.77. The minimum absolute atomic E-state index is 0.169. The summed E-state index contributed by atoms with van der Waals surface area (Å²) in [5, 5.41) is 0.169. The van der Waals surface area contributed by atoms with Crippen molar-refractivity contribution in [2.75, 3.05) is 32.7 Å². The van der Waals surface area contributed by atoms with Crippen LogP contribution < -0.4 is 0 Å². The van der Waals surface area contributed by atoms with Crippen LogP contribution in [0, 0.1) is 5.41 Å². The highest BCUT2D eigenvalue weighted by molar-refractivity contribution is 8.13. The summed E-state index contributed by atoms with van der Waals surface area (Å²) in [7, 11) is 1.64. The molecular formula is C10H20O3S. The lowest BCUT2D eigenvalue weighted by molar-refractivity contribution is -0.121. The fourth-order valence-corrected chi connectivity index (χ4v) is 1.71. The van der Waals surface area contributed by atoms with E-state index < -0.39 is 5.41 Å². The first-order chi connectivity index (χ1) is 6.54. The molecule has 0 amide bonds. The highest BCUT2D eigenvalue weighted by Gasteiger charge is 2.27. The van der Waals surface area contributed by atoms with Crippen LogP contribution >= 0.6 is 11.8 Å². The minimum Gasteiger partial charge on any atom is -0.384 e. The molecular weight excluding hydrogens is 200 g/mol. The summed E-state index contributed by atoms with van der Waals surface area (Å²) in [4.78, 5) is 11.7. The van der Waals surface area contributed by atoms with E-state index in [1.807, 2.05) is 20.8 Å². The standard InChI is InChI=1S/C10H20O3S/c1-5-13-8-10(2,3)9(11)14-7-6-12-4/h5-8H2,1-4H3. The Hall–Kier alpha value is -0.0600. The second-order valence-corrected chi connectivity index (χ2v) is 4.72. The number of ether oxygens (including phenoxy) is 2. The Balaban J connectivity index is 3.82. The summed E-state index contributed by atoms with van der Waals surface area (Å²) in [5.74, 6) is 0.713. The van der Waals surface area contributed by atoms with Gasteiger partial charge in [0, 0.05) is 19.5 Å². The van der Waals surface area contributed by atoms with Gasteiger partial charge >= 0.3 is 0 Å². The summed E-state index contributed by atoms with van der Waals surface area (Å²) in [6.45, 7) is 7.50. The molecule has 0 bridgehead atoms.